The summed E-state index contributed by atoms with van der Waals surface area (Å²) in [6.45, 7) is 4.02. The summed E-state index contributed by atoms with van der Waals surface area (Å²) in [4.78, 5) is 12.8. The number of ether oxygens (including phenoxy) is 1. The second-order valence-corrected chi connectivity index (χ2v) is 8.99. The van der Waals surface area contributed by atoms with Crippen LogP contribution in [0.4, 0.5) is 5.69 Å². The molecule has 0 radical (unpaired) electrons. The minimum Gasteiger partial charge on any atom is -0.493 e. The maximum absolute atomic E-state index is 12.8. The van der Waals surface area contributed by atoms with E-state index in [2.05, 4.69) is 32.2 Å². The molecule has 0 atom stereocenters. The lowest BCUT2D eigenvalue weighted by Crippen LogP contribution is -2.28. The standard InChI is InChI=1S/C26H32N6O3/c33-13-12-32-23(30-31-25(32)19-7-10-27-11-8-19)17-28-22-6-2-4-20(15-22)26(34)29-16-21-5-1-3-18-9-14-35-24(18)21/h1-6,15,19,27-28,33H,7-14,16-17H2,(H,29,34). The highest BCUT2D eigenvalue weighted by molar-refractivity contribution is 5.95. The van der Waals surface area contributed by atoms with E-state index in [0.29, 0.717) is 37.7 Å². The van der Waals surface area contributed by atoms with Crippen molar-refractivity contribution >= 4 is 11.6 Å². The number of aromatic nitrogens is 3. The van der Waals surface area contributed by atoms with Crippen LogP contribution in [0.3, 0.4) is 0 Å². The largest absolute Gasteiger partial charge is 0.493 e. The predicted octanol–water partition coefficient (Wildman–Crippen LogP) is 2.21. The maximum atomic E-state index is 12.8. The summed E-state index contributed by atoms with van der Waals surface area (Å²) in [5.74, 6) is 2.84. The molecule has 2 aromatic carbocycles. The number of carbonyl (C=O) groups is 1. The highest BCUT2D eigenvalue weighted by Gasteiger charge is 2.23. The van der Waals surface area contributed by atoms with Gasteiger partial charge in [-0.2, -0.15) is 0 Å². The fourth-order valence-corrected chi connectivity index (χ4v) is 4.86. The van der Waals surface area contributed by atoms with Crippen LogP contribution >= 0.6 is 0 Å². The van der Waals surface area contributed by atoms with Gasteiger partial charge >= 0.3 is 0 Å². The molecular formula is C26H32N6O3. The monoisotopic (exact) mass is 476 g/mol. The number of hydrogen-bond donors (Lipinski definition) is 4. The summed E-state index contributed by atoms with van der Waals surface area (Å²) >= 11 is 0. The Morgan fingerprint density at radius 3 is 2.86 bits per heavy atom. The molecule has 3 aromatic rings. The lowest BCUT2D eigenvalue weighted by Gasteiger charge is -2.22. The second kappa shape index (κ2) is 10.9. The normalized spacial score (nSPS) is 15.5. The topological polar surface area (TPSA) is 113 Å². The van der Waals surface area contributed by atoms with Gasteiger partial charge in [-0.05, 0) is 49.7 Å². The molecule has 1 saturated heterocycles. The van der Waals surface area contributed by atoms with Gasteiger partial charge in [0.05, 0.1) is 19.8 Å². The molecule has 5 rings (SSSR count). The first-order chi connectivity index (χ1) is 17.2. The van der Waals surface area contributed by atoms with E-state index in [1.807, 2.05) is 34.9 Å². The van der Waals surface area contributed by atoms with Gasteiger partial charge in [-0.1, -0.05) is 24.3 Å². The third-order valence-corrected chi connectivity index (χ3v) is 6.69. The molecule has 2 aliphatic rings. The third kappa shape index (κ3) is 5.31. The van der Waals surface area contributed by atoms with E-state index in [0.717, 1.165) is 61.0 Å². The van der Waals surface area contributed by atoms with E-state index in [-0.39, 0.29) is 12.5 Å². The highest BCUT2D eigenvalue weighted by atomic mass is 16.5. The highest BCUT2D eigenvalue weighted by Crippen LogP contribution is 2.29. The number of nitrogens with one attached hydrogen (secondary N) is 3. The minimum absolute atomic E-state index is 0.0360. The fourth-order valence-electron chi connectivity index (χ4n) is 4.86. The number of fused-ring (bicyclic) bond motifs is 1. The molecule has 35 heavy (non-hydrogen) atoms. The predicted molar refractivity (Wildman–Crippen MR) is 133 cm³/mol. The average molecular weight is 477 g/mol. The van der Waals surface area contributed by atoms with E-state index in [1.54, 1.807) is 6.07 Å². The summed E-state index contributed by atoms with van der Waals surface area (Å²) in [7, 11) is 0. The third-order valence-electron chi connectivity index (χ3n) is 6.69. The number of aliphatic hydroxyl groups is 1. The van der Waals surface area contributed by atoms with E-state index in [4.69, 9.17) is 4.74 Å². The molecule has 0 saturated carbocycles. The molecule has 0 aliphatic carbocycles. The number of piperidine rings is 1. The van der Waals surface area contributed by atoms with Crippen LogP contribution in [0, 0.1) is 0 Å². The quantitative estimate of drug-likeness (QED) is 0.375. The Balaban J connectivity index is 1.22. The van der Waals surface area contributed by atoms with Crippen LogP contribution in [0.5, 0.6) is 5.75 Å². The van der Waals surface area contributed by atoms with Crippen LogP contribution in [0.1, 0.15) is 51.9 Å². The van der Waals surface area contributed by atoms with Crippen molar-refractivity contribution in [3.8, 4) is 5.75 Å². The van der Waals surface area contributed by atoms with Crippen molar-refractivity contribution < 1.29 is 14.6 Å². The number of amides is 1. The number of hydrogen-bond acceptors (Lipinski definition) is 7. The van der Waals surface area contributed by atoms with E-state index in [1.165, 1.54) is 5.56 Å². The Labute approximate surface area is 204 Å². The molecule has 9 nitrogen and oxygen atoms in total. The molecule has 0 unspecified atom stereocenters. The zero-order valence-corrected chi connectivity index (χ0v) is 19.8. The number of benzene rings is 2. The summed E-state index contributed by atoms with van der Waals surface area (Å²) < 4.78 is 7.76. The summed E-state index contributed by atoms with van der Waals surface area (Å²) in [6, 6.07) is 13.5. The van der Waals surface area contributed by atoms with Gasteiger partial charge < -0.3 is 30.4 Å². The van der Waals surface area contributed by atoms with Crippen molar-refractivity contribution in [1.82, 2.24) is 25.4 Å². The average Bonchev–Trinajstić information content (AvgIpc) is 3.54. The summed E-state index contributed by atoms with van der Waals surface area (Å²) in [5, 5.41) is 28.2. The Morgan fingerprint density at radius 2 is 2.00 bits per heavy atom. The lowest BCUT2D eigenvalue weighted by molar-refractivity contribution is 0.0950. The van der Waals surface area contributed by atoms with Crippen molar-refractivity contribution in [2.24, 2.45) is 0 Å². The first-order valence-corrected chi connectivity index (χ1v) is 12.3. The number of anilines is 1. The Hall–Kier alpha value is -3.43. The van der Waals surface area contributed by atoms with Crippen LogP contribution in [0.25, 0.3) is 0 Å². The van der Waals surface area contributed by atoms with Crippen molar-refractivity contribution in [2.75, 3.05) is 31.6 Å². The van der Waals surface area contributed by atoms with Crippen molar-refractivity contribution in [3.05, 3.63) is 70.8 Å². The molecule has 1 aromatic heterocycles. The first kappa shape index (κ1) is 23.3. The van der Waals surface area contributed by atoms with Crippen LogP contribution in [0.15, 0.2) is 42.5 Å². The maximum Gasteiger partial charge on any atom is 0.251 e. The molecule has 0 bridgehead atoms. The number of carbonyl (C=O) groups excluding carboxylic acids is 1. The van der Waals surface area contributed by atoms with Gasteiger partial charge in [0.2, 0.25) is 0 Å². The molecule has 184 valence electrons. The minimum atomic E-state index is -0.138. The van der Waals surface area contributed by atoms with Gasteiger partial charge in [0.1, 0.15) is 11.6 Å². The van der Waals surface area contributed by atoms with Crippen molar-refractivity contribution in [1.29, 1.82) is 0 Å². The van der Waals surface area contributed by atoms with Gasteiger partial charge in [0.25, 0.3) is 5.91 Å². The lowest BCUT2D eigenvalue weighted by atomic mass is 9.97. The van der Waals surface area contributed by atoms with Gasteiger partial charge in [-0.3, -0.25) is 4.79 Å². The number of rotatable bonds is 9. The van der Waals surface area contributed by atoms with Gasteiger partial charge in [-0.15, -0.1) is 10.2 Å². The molecule has 3 heterocycles. The first-order valence-electron chi connectivity index (χ1n) is 12.3. The molecule has 2 aliphatic heterocycles. The van der Waals surface area contributed by atoms with E-state index in [9.17, 15) is 9.90 Å². The number of para-hydroxylation sites is 1. The van der Waals surface area contributed by atoms with E-state index < -0.39 is 0 Å². The smallest absolute Gasteiger partial charge is 0.251 e. The Bertz CT molecular complexity index is 1170. The van der Waals surface area contributed by atoms with E-state index >= 15 is 0 Å². The van der Waals surface area contributed by atoms with Gasteiger partial charge in [-0.25, -0.2) is 0 Å². The summed E-state index contributed by atoms with van der Waals surface area (Å²) in [5.41, 5.74) is 3.59. The van der Waals surface area contributed by atoms with Crippen LogP contribution < -0.4 is 20.7 Å². The molecule has 0 spiro atoms. The second-order valence-electron chi connectivity index (χ2n) is 8.99. The van der Waals surface area contributed by atoms with Crippen molar-refractivity contribution in [3.63, 3.8) is 0 Å². The number of nitrogens with zero attached hydrogens (tertiary/aromatic N) is 3. The van der Waals surface area contributed by atoms with Crippen molar-refractivity contribution in [2.45, 2.75) is 44.8 Å². The Morgan fingerprint density at radius 1 is 1.14 bits per heavy atom. The molecule has 4 N–H and O–H groups in total. The van der Waals surface area contributed by atoms with Gasteiger partial charge in [0, 0.05) is 42.2 Å². The van der Waals surface area contributed by atoms with Crippen LogP contribution in [-0.2, 0) is 26.1 Å². The SMILES string of the molecule is O=C(NCc1cccc2c1OCC2)c1cccc(NCc2nnc(C3CCNCC3)n2CCO)c1. The van der Waals surface area contributed by atoms with Crippen LogP contribution in [-0.4, -0.2) is 52.1 Å². The summed E-state index contributed by atoms with van der Waals surface area (Å²) in [6.07, 6.45) is 2.95. The Kier molecular flexibility index (Phi) is 7.25. The van der Waals surface area contributed by atoms with Crippen LogP contribution in [0.2, 0.25) is 0 Å². The van der Waals surface area contributed by atoms with Gasteiger partial charge in [0.15, 0.2) is 5.82 Å². The number of aliphatic hydroxyl groups excluding tert-OH is 1. The molecular weight excluding hydrogens is 444 g/mol. The molecule has 9 heteroatoms. The zero-order chi connectivity index (χ0) is 24.0. The molecule has 1 fully saturated rings. The molecule has 1 amide bonds. The zero-order valence-electron chi connectivity index (χ0n) is 19.8. The fraction of sp³-hybridized carbons (Fsp3) is 0.423.